The summed E-state index contributed by atoms with van der Waals surface area (Å²) in [6, 6.07) is 22.0. The molecule has 1 amide bonds. The molecule has 5 heteroatoms. The third kappa shape index (κ3) is 5.27. The molecular weight excluding hydrogens is 360 g/mol. The maximum absolute atomic E-state index is 12.3. The van der Waals surface area contributed by atoms with Crippen molar-refractivity contribution in [1.82, 2.24) is 15.3 Å². The maximum atomic E-state index is 12.3. The number of nitrogens with zero attached hydrogens (tertiary/aromatic N) is 3. The van der Waals surface area contributed by atoms with Gasteiger partial charge >= 0.3 is 0 Å². The Morgan fingerprint density at radius 1 is 1.03 bits per heavy atom. The highest BCUT2D eigenvalue weighted by Gasteiger charge is 2.18. The van der Waals surface area contributed by atoms with E-state index in [-0.39, 0.29) is 5.91 Å². The fourth-order valence-corrected chi connectivity index (χ4v) is 3.78. The summed E-state index contributed by atoms with van der Waals surface area (Å²) in [5, 5.41) is 5.15. The Morgan fingerprint density at radius 3 is 2.62 bits per heavy atom. The monoisotopic (exact) mass is 386 g/mol. The Labute approximate surface area is 171 Å². The van der Waals surface area contributed by atoms with E-state index in [0.29, 0.717) is 11.6 Å². The normalized spacial score (nSPS) is 15.7. The van der Waals surface area contributed by atoms with E-state index < -0.39 is 0 Å². The van der Waals surface area contributed by atoms with E-state index in [0.717, 1.165) is 37.0 Å². The molecule has 2 heterocycles. The molecule has 148 valence electrons. The Kier molecular flexibility index (Phi) is 6.27. The quantitative estimate of drug-likeness (QED) is 0.509. The van der Waals surface area contributed by atoms with Crippen LogP contribution in [0.4, 0.5) is 0 Å². The van der Waals surface area contributed by atoms with Crippen LogP contribution in [0.3, 0.4) is 0 Å². The van der Waals surface area contributed by atoms with Gasteiger partial charge in [-0.1, -0.05) is 54.6 Å². The summed E-state index contributed by atoms with van der Waals surface area (Å²) in [6.45, 7) is 3.25. The number of carbonyl (C=O) groups is 1. The van der Waals surface area contributed by atoms with Crippen LogP contribution in [0.5, 0.6) is 0 Å². The number of fused-ring (bicyclic) bond motifs is 1. The number of rotatable bonds is 6. The second kappa shape index (κ2) is 9.43. The van der Waals surface area contributed by atoms with Crippen molar-refractivity contribution in [2.24, 2.45) is 11.0 Å². The van der Waals surface area contributed by atoms with E-state index in [4.69, 9.17) is 0 Å². The minimum atomic E-state index is -0.273. The molecule has 1 saturated heterocycles. The first-order valence-electron chi connectivity index (χ1n) is 10.2. The van der Waals surface area contributed by atoms with Crippen LogP contribution in [0.15, 0.2) is 71.8 Å². The highest BCUT2D eigenvalue weighted by molar-refractivity contribution is 5.94. The number of amides is 1. The molecule has 1 aromatic heterocycles. The lowest BCUT2D eigenvalue weighted by atomic mass is 9.94. The molecule has 4 rings (SSSR count). The van der Waals surface area contributed by atoms with Gasteiger partial charge in [-0.2, -0.15) is 5.10 Å². The summed E-state index contributed by atoms with van der Waals surface area (Å²) in [7, 11) is 0. The second-order valence-electron chi connectivity index (χ2n) is 7.58. The van der Waals surface area contributed by atoms with Gasteiger partial charge in [0.1, 0.15) is 5.69 Å². The topological polar surface area (TPSA) is 57.6 Å². The molecule has 1 aliphatic heterocycles. The molecule has 5 nitrogen and oxygen atoms in total. The molecule has 2 aromatic carbocycles. The Bertz CT molecular complexity index is 978. The molecule has 0 aliphatic carbocycles. The summed E-state index contributed by atoms with van der Waals surface area (Å²) in [5.41, 5.74) is 5.17. The molecule has 3 aromatic rings. The van der Waals surface area contributed by atoms with E-state index in [2.05, 4.69) is 50.7 Å². The largest absolute Gasteiger partial charge is 0.299 e. The first-order valence-corrected chi connectivity index (χ1v) is 10.2. The van der Waals surface area contributed by atoms with Gasteiger partial charge in [-0.25, -0.2) is 10.4 Å². The number of aromatic nitrogens is 1. The molecule has 0 saturated carbocycles. The average Bonchev–Trinajstić information content (AvgIpc) is 2.78. The number of para-hydroxylation sites is 1. The van der Waals surface area contributed by atoms with Crippen molar-refractivity contribution in [1.29, 1.82) is 0 Å². The number of carbonyl (C=O) groups excluding carboxylic acids is 1. The van der Waals surface area contributed by atoms with Crippen molar-refractivity contribution in [3.05, 3.63) is 78.0 Å². The number of benzene rings is 2. The van der Waals surface area contributed by atoms with Crippen LogP contribution < -0.4 is 5.43 Å². The van der Waals surface area contributed by atoms with Crippen molar-refractivity contribution in [3.63, 3.8) is 0 Å². The number of hydrogen-bond acceptors (Lipinski definition) is 4. The number of piperidine rings is 1. The van der Waals surface area contributed by atoms with Gasteiger partial charge in [0, 0.05) is 18.1 Å². The van der Waals surface area contributed by atoms with Gasteiger partial charge in [0.15, 0.2) is 0 Å². The predicted molar refractivity (Wildman–Crippen MR) is 117 cm³/mol. The summed E-state index contributed by atoms with van der Waals surface area (Å²) in [5.74, 6) is 0.353. The lowest BCUT2D eigenvalue weighted by Crippen LogP contribution is -2.33. The summed E-state index contributed by atoms with van der Waals surface area (Å²) >= 11 is 0. The molecule has 29 heavy (non-hydrogen) atoms. The molecule has 0 spiro atoms. The third-order valence-electron chi connectivity index (χ3n) is 5.48. The molecule has 0 bridgehead atoms. The fourth-order valence-electron chi connectivity index (χ4n) is 3.78. The van der Waals surface area contributed by atoms with Crippen molar-refractivity contribution in [2.45, 2.75) is 25.8 Å². The van der Waals surface area contributed by atoms with Crippen LogP contribution in [-0.4, -0.2) is 35.1 Å². The Morgan fingerprint density at radius 2 is 1.79 bits per heavy atom. The SMILES string of the molecule is O=C(N/N=C/CC1CCN(Cc2ccccc2)CC1)c1ccc2ccccc2n1. The first-order chi connectivity index (χ1) is 14.3. The number of likely N-dealkylation sites (tertiary alicyclic amines) is 1. The Balaban J connectivity index is 1.21. The van der Waals surface area contributed by atoms with Gasteiger partial charge in [-0.05, 0) is 56.0 Å². The minimum absolute atomic E-state index is 0.273. The number of pyridine rings is 1. The lowest BCUT2D eigenvalue weighted by molar-refractivity contribution is 0.0950. The Hall–Kier alpha value is -3.05. The molecule has 0 unspecified atom stereocenters. The maximum Gasteiger partial charge on any atom is 0.289 e. The van der Waals surface area contributed by atoms with Crippen LogP contribution in [0.1, 0.15) is 35.3 Å². The van der Waals surface area contributed by atoms with Crippen LogP contribution >= 0.6 is 0 Å². The molecular formula is C24H26N4O. The van der Waals surface area contributed by atoms with E-state index in [1.807, 2.05) is 36.5 Å². The van der Waals surface area contributed by atoms with Crippen LogP contribution in [0.25, 0.3) is 10.9 Å². The van der Waals surface area contributed by atoms with Crippen LogP contribution in [0, 0.1) is 5.92 Å². The highest BCUT2D eigenvalue weighted by Crippen LogP contribution is 2.21. The molecule has 0 atom stereocenters. The van der Waals surface area contributed by atoms with Crippen molar-refractivity contribution in [2.75, 3.05) is 13.1 Å². The van der Waals surface area contributed by atoms with Gasteiger partial charge in [-0.15, -0.1) is 0 Å². The van der Waals surface area contributed by atoms with E-state index >= 15 is 0 Å². The average molecular weight is 386 g/mol. The second-order valence-corrected chi connectivity index (χ2v) is 7.58. The van der Waals surface area contributed by atoms with Crippen molar-refractivity contribution in [3.8, 4) is 0 Å². The van der Waals surface area contributed by atoms with Crippen molar-refractivity contribution < 1.29 is 4.79 Å². The molecule has 0 radical (unpaired) electrons. The van der Waals surface area contributed by atoms with Crippen molar-refractivity contribution >= 4 is 23.0 Å². The van der Waals surface area contributed by atoms with Crippen LogP contribution in [0.2, 0.25) is 0 Å². The smallest absolute Gasteiger partial charge is 0.289 e. The standard InChI is InChI=1S/C24H26N4O/c29-24(23-11-10-21-8-4-5-9-22(21)26-23)27-25-15-12-19-13-16-28(17-14-19)18-20-6-2-1-3-7-20/h1-11,15,19H,12-14,16-18H2,(H,27,29)/b25-15+. The minimum Gasteiger partial charge on any atom is -0.299 e. The molecule has 1 N–H and O–H groups in total. The summed E-state index contributed by atoms with van der Waals surface area (Å²) in [6.07, 6.45) is 5.05. The molecule has 1 aliphatic rings. The number of hydrazone groups is 1. The zero-order valence-electron chi connectivity index (χ0n) is 16.5. The summed E-state index contributed by atoms with van der Waals surface area (Å²) in [4.78, 5) is 19.2. The van der Waals surface area contributed by atoms with Gasteiger partial charge in [0.2, 0.25) is 0 Å². The van der Waals surface area contributed by atoms with E-state index in [1.165, 1.54) is 18.4 Å². The summed E-state index contributed by atoms with van der Waals surface area (Å²) < 4.78 is 0. The van der Waals surface area contributed by atoms with E-state index in [9.17, 15) is 4.79 Å². The fraction of sp³-hybridized carbons (Fsp3) is 0.292. The lowest BCUT2D eigenvalue weighted by Gasteiger charge is -2.31. The molecule has 1 fully saturated rings. The van der Waals surface area contributed by atoms with Gasteiger partial charge in [0.25, 0.3) is 5.91 Å². The number of hydrogen-bond donors (Lipinski definition) is 1. The van der Waals surface area contributed by atoms with Gasteiger partial charge in [0.05, 0.1) is 5.52 Å². The zero-order chi connectivity index (χ0) is 19.9. The third-order valence-corrected chi connectivity index (χ3v) is 5.48. The first kappa shape index (κ1) is 19.3. The zero-order valence-corrected chi connectivity index (χ0v) is 16.5. The number of nitrogens with one attached hydrogen (secondary N) is 1. The van der Waals surface area contributed by atoms with Gasteiger partial charge < -0.3 is 0 Å². The van der Waals surface area contributed by atoms with Gasteiger partial charge in [-0.3, -0.25) is 9.69 Å². The van der Waals surface area contributed by atoms with E-state index in [1.54, 1.807) is 6.07 Å². The van der Waals surface area contributed by atoms with Crippen LogP contribution in [-0.2, 0) is 6.54 Å². The highest BCUT2D eigenvalue weighted by atomic mass is 16.2. The predicted octanol–water partition coefficient (Wildman–Crippen LogP) is 4.25.